The number of ether oxygens (including phenoxy) is 2. The number of fused-ring (bicyclic) bond motifs is 1. The van der Waals surface area contributed by atoms with E-state index in [4.69, 9.17) is 19.4 Å². The number of benzene rings is 3. The van der Waals surface area contributed by atoms with E-state index in [0.717, 1.165) is 61.8 Å². The largest absolute Gasteiger partial charge is 0.493 e. The van der Waals surface area contributed by atoms with Gasteiger partial charge in [-0.15, -0.1) is 0 Å². The maximum Gasteiger partial charge on any atom is 0.337 e. The summed E-state index contributed by atoms with van der Waals surface area (Å²) in [5, 5.41) is 12.2. The van der Waals surface area contributed by atoms with E-state index in [1.807, 2.05) is 101 Å². The monoisotopic (exact) mass is 542 g/mol. The molecule has 0 radical (unpaired) electrons. The number of carboxylic acid groups (broad SMARTS) is 1. The van der Waals surface area contributed by atoms with Gasteiger partial charge in [0.15, 0.2) is 6.10 Å². The molecule has 2 aromatic heterocycles. The summed E-state index contributed by atoms with van der Waals surface area (Å²) in [7, 11) is 0. The molecule has 0 fully saturated rings. The van der Waals surface area contributed by atoms with Crippen molar-refractivity contribution in [1.29, 1.82) is 0 Å². The highest BCUT2D eigenvalue weighted by atomic mass is 16.5. The van der Waals surface area contributed by atoms with Crippen molar-refractivity contribution in [2.45, 2.75) is 45.8 Å². The second-order valence-corrected chi connectivity index (χ2v) is 11.2. The number of carbonyl (C=O) groups is 1. The average molecular weight is 543 g/mol. The number of hydrogen-bond acceptors (Lipinski definition) is 5. The van der Waals surface area contributed by atoms with E-state index in [0.29, 0.717) is 17.9 Å². The molecule has 0 saturated carbocycles. The van der Waals surface area contributed by atoms with Crippen molar-refractivity contribution in [2.24, 2.45) is 0 Å². The number of hydrogen-bond donors (Lipinski definition) is 1. The smallest absolute Gasteiger partial charge is 0.337 e. The fourth-order valence-electron chi connectivity index (χ4n) is 5.47. The van der Waals surface area contributed by atoms with Crippen LogP contribution in [0.5, 0.6) is 5.75 Å². The van der Waals surface area contributed by atoms with Crippen molar-refractivity contribution in [1.82, 2.24) is 9.97 Å². The Morgan fingerprint density at radius 2 is 1.85 bits per heavy atom. The van der Waals surface area contributed by atoms with Gasteiger partial charge in [0.1, 0.15) is 11.4 Å². The first-order chi connectivity index (χ1) is 19.7. The number of aliphatic carboxylic acids is 1. The van der Waals surface area contributed by atoms with Crippen LogP contribution in [0, 0.1) is 18.8 Å². The lowest BCUT2D eigenvalue weighted by atomic mass is 9.86. The second kappa shape index (κ2) is 10.3. The first-order valence-electron chi connectivity index (χ1n) is 13.7. The van der Waals surface area contributed by atoms with Crippen LogP contribution >= 0.6 is 0 Å². The maximum absolute atomic E-state index is 12.8. The molecular weight excluding hydrogens is 512 g/mol. The van der Waals surface area contributed by atoms with Gasteiger partial charge in [-0.3, -0.25) is 4.98 Å². The van der Waals surface area contributed by atoms with E-state index in [1.54, 1.807) is 0 Å². The minimum absolute atomic E-state index is 0.587. The molecule has 1 aliphatic rings. The van der Waals surface area contributed by atoms with Gasteiger partial charge in [0.05, 0.1) is 23.2 Å². The van der Waals surface area contributed by atoms with Crippen molar-refractivity contribution in [3.05, 3.63) is 101 Å². The van der Waals surface area contributed by atoms with E-state index in [-0.39, 0.29) is 0 Å². The molecule has 6 rings (SSSR count). The van der Waals surface area contributed by atoms with Gasteiger partial charge in [-0.25, -0.2) is 9.78 Å². The Balaban J connectivity index is 1.64. The van der Waals surface area contributed by atoms with E-state index in [9.17, 15) is 9.90 Å². The van der Waals surface area contributed by atoms with Crippen molar-refractivity contribution in [2.75, 3.05) is 6.61 Å². The van der Waals surface area contributed by atoms with Crippen molar-refractivity contribution in [3.63, 3.8) is 0 Å². The quantitative estimate of drug-likeness (QED) is 0.246. The van der Waals surface area contributed by atoms with Crippen LogP contribution in [0.3, 0.4) is 0 Å². The van der Waals surface area contributed by atoms with Crippen LogP contribution in [0.2, 0.25) is 0 Å². The highest BCUT2D eigenvalue weighted by Crippen LogP contribution is 2.44. The summed E-state index contributed by atoms with van der Waals surface area (Å²) in [6.45, 7) is 8.10. The predicted octanol–water partition coefficient (Wildman–Crippen LogP) is 7.03. The third kappa shape index (κ3) is 5.13. The molecule has 204 valence electrons. The highest BCUT2D eigenvalue weighted by Gasteiger charge is 2.32. The normalized spacial score (nSPS) is 13.4. The predicted molar refractivity (Wildman–Crippen MR) is 160 cm³/mol. The first-order valence-corrected chi connectivity index (χ1v) is 13.7. The summed E-state index contributed by atoms with van der Waals surface area (Å²) in [6, 6.07) is 21.5. The summed E-state index contributed by atoms with van der Waals surface area (Å²) in [6.07, 6.45) is 1.39. The minimum Gasteiger partial charge on any atom is -0.493 e. The van der Waals surface area contributed by atoms with Gasteiger partial charge < -0.3 is 14.6 Å². The molecule has 6 nitrogen and oxygen atoms in total. The number of aryl methyl sites for hydroxylation is 1. The zero-order valence-electron chi connectivity index (χ0n) is 23.5. The lowest BCUT2D eigenvalue weighted by Crippen LogP contribution is -2.28. The zero-order valence-corrected chi connectivity index (χ0v) is 23.5. The number of carboxylic acids is 1. The molecule has 3 aromatic carbocycles. The van der Waals surface area contributed by atoms with Gasteiger partial charge in [-0.2, -0.15) is 0 Å². The van der Waals surface area contributed by atoms with Crippen LogP contribution in [0.4, 0.5) is 0 Å². The molecule has 0 spiro atoms. The van der Waals surface area contributed by atoms with Gasteiger partial charge in [-0.05, 0) is 98.8 Å². The fourth-order valence-corrected chi connectivity index (χ4v) is 5.47. The maximum atomic E-state index is 12.8. The molecule has 1 N–H and O–H groups in total. The Bertz CT molecular complexity index is 1870. The van der Waals surface area contributed by atoms with Gasteiger partial charge in [0.25, 0.3) is 0 Å². The summed E-state index contributed by atoms with van der Waals surface area (Å²) in [5.41, 5.74) is 6.40. The van der Waals surface area contributed by atoms with Crippen LogP contribution in [0.25, 0.3) is 32.9 Å². The summed E-state index contributed by atoms with van der Waals surface area (Å²) in [4.78, 5) is 22.4. The standard InChI is InChI=1S/C35H30N2O4/c1-21-20-27-25(13-12-24(37-27)11-10-22-8-6-5-7-9-22)31(29(21)33(34(38)39)41-35(2,3)4)26-14-15-28-30-23(17-19-40-28)16-18-36-32(26)30/h5-9,12-16,18,20,33H,17,19H2,1-4H3,(H,38,39). The molecule has 0 bridgehead atoms. The Labute approximate surface area is 239 Å². The molecule has 0 aliphatic carbocycles. The zero-order chi connectivity index (χ0) is 28.7. The van der Waals surface area contributed by atoms with E-state index in [2.05, 4.69) is 11.8 Å². The molecule has 0 amide bonds. The third-order valence-corrected chi connectivity index (χ3v) is 7.15. The highest BCUT2D eigenvalue weighted by molar-refractivity contribution is 6.08. The van der Waals surface area contributed by atoms with Crippen LogP contribution < -0.4 is 4.74 Å². The number of pyridine rings is 2. The Morgan fingerprint density at radius 3 is 2.61 bits per heavy atom. The molecule has 0 saturated heterocycles. The first kappa shape index (κ1) is 26.5. The third-order valence-electron chi connectivity index (χ3n) is 7.15. The number of nitrogens with zero attached hydrogens (tertiary/aromatic N) is 2. The van der Waals surface area contributed by atoms with E-state index >= 15 is 0 Å². The van der Waals surface area contributed by atoms with Crippen LogP contribution in [0.15, 0.2) is 72.9 Å². The lowest BCUT2D eigenvalue weighted by Gasteiger charge is -2.29. The summed E-state index contributed by atoms with van der Waals surface area (Å²) < 4.78 is 12.2. The molecule has 1 unspecified atom stereocenters. The SMILES string of the molecule is Cc1cc2nc(C#Cc3ccccc3)ccc2c(-c2ccc3c4c(ccnc24)CCO3)c1C(OC(C)(C)C)C(=O)O. The van der Waals surface area contributed by atoms with Crippen LogP contribution in [-0.4, -0.2) is 33.3 Å². The molecule has 5 aromatic rings. The van der Waals surface area contributed by atoms with Crippen LogP contribution in [-0.2, 0) is 16.0 Å². The topological polar surface area (TPSA) is 81.5 Å². The fraction of sp³-hybridized carbons (Fsp3) is 0.229. The Kier molecular flexibility index (Phi) is 6.69. The second-order valence-electron chi connectivity index (χ2n) is 11.2. The van der Waals surface area contributed by atoms with Gasteiger partial charge in [-0.1, -0.05) is 24.1 Å². The molecule has 1 atom stereocenters. The molecule has 41 heavy (non-hydrogen) atoms. The number of rotatable bonds is 4. The molecular formula is C35H30N2O4. The summed E-state index contributed by atoms with van der Waals surface area (Å²) in [5.74, 6) is 6.07. The Morgan fingerprint density at radius 1 is 1.05 bits per heavy atom. The minimum atomic E-state index is -1.20. The van der Waals surface area contributed by atoms with Crippen molar-refractivity contribution < 1.29 is 19.4 Å². The van der Waals surface area contributed by atoms with Crippen molar-refractivity contribution >= 4 is 27.8 Å². The average Bonchev–Trinajstić information content (AvgIpc) is 2.95. The van der Waals surface area contributed by atoms with Crippen molar-refractivity contribution in [3.8, 4) is 28.7 Å². The van der Waals surface area contributed by atoms with E-state index in [1.165, 1.54) is 0 Å². The summed E-state index contributed by atoms with van der Waals surface area (Å²) >= 11 is 0. The number of aromatic nitrogens is 2. The van der Waals surface area contributed by atoms with Gasteiger partial charge >= 0.3 is 5.97 Å². The van der Waals surface area contributed by atoms with E-state index < -0.39 is 17.7 Å². The van der Waals surface area contributed by atoms with Crippen LogP contribution in [0.1, 0.15) is 54.8 Å². The van der Waals surface area contributed by atoms with Gasteiger partial charge in [0, 0.05) is 40.1 Å². The molecule has 1 aliphatic heterocycles. The Hall–Kier alpha value is -4.73. The molecule has 6 heteroatoms. The lowest BCUT2D eigenvalue weighted by molar-refractivity contribution is -0.160. The van der Waals surface area contributed by atoms with Gasteiger partial charge in [0.2, 0.25) is 0 Å². The molecule has 3 heterocycles.